The zero-order valence-corrected chi connectivity index (χ0v) is 11.0. The summed E-state index contributed by atoms with van der Waals surface area (Å²) < 4.78 is 5.13. The molecule has 0 aliphatic rings. The number of carbonyl (C=O) groups excluding carboxylic acids is 1. The van der Waals surface area contributed by atoms with Crippen LogP contribution < -0.4 is 10.6 Å². The van der Waals surface area contributed by atoms with Crippen molar-refractivity contribution in [1.82, 2.24) is 10.6 Å². The molecule has 0 saturated carbocycles. The molecule has 0 aromatic carbocycles. The molecular formula is C12H26N2O2. The van der Waals surface area contributed by atoms with E-state index in [0.717, 1.165) is 25.8 Å². The smallest absolute Gasteiger partial charge is 0.406 e. The third-order valence-electron chi connectivity index (χ3n) is 2.79. The van der Waals surface area contributed by atoms with Gasteiger partial charge in [0.25, 0.3) is 0 Å². The van der Waals surface area contributed by atoms with E-state index in [-0.39, 0.29) is 6.09 Å². The van der Waals surface area contributed by atoms with Crippen LogP contribution in [0.4, 0.5) is 4.79 Å². The summed E-state index contributed by atoms with van der Waals surface area (Å²) in [5, 5.41) is 5.93. The van der Waals surface area contributed by atoms with Crippen molar-refractivity contribution < 1.29 is 9.53 Å². The van der Waals surface area contributed by atoms with E-state index in [2.05, 4.69) is 31.4 Å². The van der Waals surface area contributed by atoms with Gasteiger partial charge in [0.15, 0.2) is 0 Å². The maximum Gasteiger partial charge on any atom is 0.406 e. The van der Waals surface area contributed by atoms with Crippen LogP contribution in [-0.4, -0.2) is 32.3 Å². The Morgan fingerprint density at radius 2 is 2.00 bits per heavy atom. The van der Waals surface area contributed by atoms with Gasteiger partial charge >= 0.3 is 6.09 Å². The van der Waals surface area contributed by atoms with Crippen LogP contribution in [0.25, 0.3) is 0 Å². The van der Waals surface area contributed by atoms with Crippen LogP contribution in [0.3, 0.4) is 0 Å². The van der Waals surface area contributed by atoms with E-state index >= 15 is 0 Å². The Morgan fingerprint density at radius 1 is 1.31 bits per heavy atom. The van der Waals surface area contributed by atoms with Gasteiger partial charge in [-0.15, -0.1) is 0 Å². The molecule has 0 radical (unpaired) electrons. The van der Waals surface area contributed by atoms with Crippen molar-refractivity contribution in [1.29, 1.82) is 0 Å². The summed E-state index contributed by atoms with van der Waals surface area (Å²) in [4.78, 5) is 11.0. The minimum atomic E-state index is -0.342. The fourth-order valence-electron chi connectivity index (χ4n) is 1.85. The predicted molar refractivity (Wildman–Crippen MR) is 66.6 cm³/mol. The summed E-state index contributed by atoms with van der Waals surface area (Å²) >= 11 is 0. The zero-order chi connectivity index (χ0) is 12.4. The summed E-state index contributed by atoms with van der Waals surface area (Å²) in [6.07, 6.45) is 2.96. The van der Waals surface area contributed by atoms with E-state index < -0.39 is 0 Å². The molecule has 0 spiro atoms. The van der Waals surface area contributed by atoms with Crippen LogP contribution in [0.15, 0.2) is 0 Å². The molecule has 2 atom stereocenters. The van der Waals surface area contributed by atoms with Crippen LogP contribution in [0.2, 0.25) is 0 Å². The van der Waals surface area contributed by atoms with Crippen LogP contribution in [0.5, 0.6) is 0 Å². The molecule has 16 heavy (non-hydrogen) atoms. The second kappa shape index (κ2) is 9.46. The maximum absolute atomic E-state index is 11.0. The first kappa shape index (κ1) is 15.2. The van der Waals surface area contributed by atoms with Crippen molar-refractivity contribution >= 4 is 6.09 Å². The van der Waals surface area contributed by atoms with E-state index in [1.807, 2.05) is 0 Å². The summed E-state index contributed by atoms with van der Waals surface area (Å²) in [5.41, 5.74) is 0. The molecule has 4 heteroatoms. The average Bonchev–Trinajstić information content (AvgIpc) is 2.30. The molecule has 0 bridgehead atoms. The summed E-state index contributed by atoms with van der Waals surface area (Å²) in [6.45, 7) is 7.87. The van der Waals surface area contributed by atoms with Crippen LogP contribution in [-0.2, 0) is 4.74 Å². The monoisotopic (exact) mass is 230 g/mol. The Kier molecular flexibility index (Phi) is 9.00. The predicted octanol–water partition coefficient (Wildman–Crippen LogP) is 2.15. The number of hydrogen-bond donors (Lipinski definition) is 2. The molecule has 1 amide bonds. The molecule has 0 aromatic rings. The standard InChI is InChI=1S/C12H26N2O2/c1-5-8-11(14-7-3)10(6-2)9-16-12(15)13-4/h10-11,14H,5-9H2,1-4H3,(H,13,15). The van der Waals surface area contributed by atoms with Gasteiger partial charge < -0.3 is 15.4 Å². The van der Waals surface area contributed by atoms with Crippen molar-refractivity contribution in [3.8, 4) is 0 Å². The van der Waals surface area contributed by atoms with Crippen molar-refractivity contribution in [3.63, 3.8) is 0 Å². The van der Waals surface area contributed by atoms with Gasteiger partial charge in [-0.3, -0.25) is 0 Å². The number of nitrogens with one attached hydrogen (secondary N) is 2. The SMILES string of the molecule is CCCC(NCC)C(CC)COC(=O)NC. The number of hydrogen-bond acceptors (Lipinski definition) is 3. The number of amides is 1. The molecule has 0 aliphatic carbocycles. The molecule has 0 aromatic heterocycles. The van der Waals surface area contributed by atoms with Crippen molar-refractivity contribution in [3.05, 3.63) is 0 Å². The Balaban J connectivity index is 4.13. The molecule has 2 unspecified atom stereocenters. The van der Waals surface area contributed by atoms with E-state index in [9.17, 15) is 4.79 Å². The third kappa shape index (κ3) is 5.95. The van der Waals surface area contributed by atoms with E-state index in [1.165, 1.54) is 0 Å². The second-order valence-electron chi connectivity index (χ2n) is 3.97. The molecule has 0 heterocycles. The number of carbonyl (C=O) groups is 1. The summed E-state index contributed by atoms with van der Waals surface area (Å²) in [7, 11) is 1.58. The van der Waals surface area contributed by atoms with Gasteiger partial charge in [0.05, 0.1) is 6.61 Å². The lowest BCUT2D eigenvalue weighted by molar-refractivity contribution is 0.114. The minimum absolute atomic E-state index is 0.342. The highest BCUT2D eigenvalue weighted by atomic mass is 16.5. The fourth-order valence-corrected chi connectivity index (χ4v) is 1.85. The maximum atomic E-state index is 11.0. The molecule has 4 nitrogen and oxygen atoms in total. The van der Waals surface area contributed by atoms with E-state index in [1.54, 1.807) is 7.05 Å². The first-order chi connectivity index (χ1) is 7.69. The van der Waals surface area contributed by atoms with Crippen molar-refractivity contribution in [2.75, 3.05) is 20.2 Å². The highest BCUT2D eigenvalue weighted by Gasteiger charge is 2.19. The van der Waals surface area contributed by atoms with Crippen LogP contribution in [0.1, 0.15) is 40.0 Å². The van der Waals surface area contributed by atoms with Crippen LogP contribution in [0, 0.1) is 5.92 Å². The molecule has 0 rings (SSSR count). The van der Waals surface area contributed by atoms with E-state index in [0.29, 0.717) is 18.6 Å². The molecule has 0 aliphatic heterocycles. The van der Waals surface area contributed by atoms with Crippen LogP contribution >= 0.6 is 0 Å². The molecule has 0 saturated heterocycles. The quantitative estimate of drug-likeness (QED) is 0.671. The topological polar surface area (TPSA) is 50.4 Å². The second-order valence-corrected chi connectivity index (χ2v) is 3.97. The minimum Gasteiger partial charge on any atom is -0.449 e. The number of alkyl carbamates (subject to hydrolysis) is 1. The Bertz CT molecular complexity index is 180. The molecule has 0 fully saturated rings. The summed E-state index contributed by atoms with van der Waals surface area (Å²) in [6, 6.07) is 0.449. The van der Waals surface area contributed by atoms with E-state index in [4.69, 9.17) is 4.74 Å². The number of rotatable bonds is 8. The Hall–Kier alpha value is -0.770. The Morgan fingerprint density at radius 3 is 2.44 bits per heavy atom. The van der Waals surface area contributed by atoms with Crippen molar-refractivity contribution in [2.45, 2.75) is 46.1 Å². The first-order valence-electron chi connectivity index (χ1n) is 6.27. The summed E-state index contributed by atoms with van der Waals surface area (Å²) in [5.74, 6) is 0.400. The lowest BCUT2D eigenvalue weighted by Crippen LogP contribution is -2.39. The van der Waals surface area contributed by atoms with Gasteiger partial charge in [0.2, 0.25) is 0 Å². The third-order valence-corrected chi connectivity index (χ3v) is 2.79. The van der Waals surface area contributed by atoms with Gasteiger partial charge in [0.1, 0.15) is 0 Å². The lowest BCUT2D eigenvalue weighted by Gasteiger charge is -2.26. The fraction of sp³-hybridized carbons (Fsp3) is 0.917. The van der Waals surface area contributed by atoms with Crippen molar-refractivity contribution in [2.24, 2.45) is 5.92 Å². The Labute approximate surface area is 99.1 Å². The lowest BCUT2D eigenvalue weighted by atomic mass is 9.94. The van der Waals surface area contributed by atoms with Gasteiger partial charge in [-0.1, -0.05) is 27.2 Å². The van der Waals surface area contributed by atoms with Gasteiger partial charge in [-0.2, -0.15) is 0 Å². The molecular weight excluding hydrogens is 204 g/mol. The van der Waals surface area contributed by atoms with Gasteiger partial charge in [-0.25, -0.2) is 4.79 Å². The molecule has 2 N–H and O–H groups in total. The normalized spacial score (nSPS) is 14.2. The highest BCUT2D eigenvalue weighted by Crippen LogP contribution is 2.14. The highest BCUT2D eigenvalue weighted by molar-refractivity contribution is 5.66. The first-order valence-corrected chi connectivity index (χ1v) is 6.27. The van der Waals surface area contributed by atoms with Gasteiger partial charge in [0, 0.05) is 19.0 Å². The van der Waals surface area contributed by atoms with Gasteiger partial charge in [-0.05, 0) is 19.4 Å². The zero-order valence-electron chi connectivity index (χ0n) is 11.0. The largest absolute Gasteiger partial charge is 0.449 e. The molecule has 96 valence electrons. The number of ether oxygens (including phenoxy) is 1. The average molecular weight is 230 g/mol.